The molecule has 2 aliphatic heterocycles. The molecule has 1 aromatic rings. The van der Waals surface area contributed by atoms with E-state index in [4.69, 9.17) is 26.8 Å². The summed E-state index contributed by atoms with van der Waals surface area (Å²) in [4.78, 5) is 15.4. The molecule has 3 N–H and O–H groups in total. The van der Waals surface area contributed by atoms with Gasteiger partial charge in [0.25, 0.3) is 5.91 Å². The zero-order valence-electron chi connectivity index (χ0n) is 16.4. The van der Waals surface area contributed by atoms with Gasteiger partial charge in [-0.25, -0.2) is 0 Å². The number of nitrogens with one attached hydrogen (secondary N) is 1. The van der Waals surface area contributed by atoms with Crippen molar-refractivity contribution in [1.82, 2.24) is 10.2 Å². The second-order valence-electron chi connectivity index (χ2n) is 7.78. The zero-order valence-corrected chi connectivity index (χ0v) is 17.1. The van der Waals surface area contributed by atoms with Gasteiger partial charge < -0.3 is 25.4 Å². The van der Waals surface area contributed by atoms with Crippen molar-refractivity contribution in [3.8, 4) is 11.5 Å². The van der Waals surface area contributed by atoms with Crippen LogP contribution in [0.25, 0.3) is 0 Å². The third-order valence-electron chi connectivity index (χ3n) is 5.44. The Morgan fingerprint density at radius 3 is 2.78 bits per heavy atom. The lowest BCUT2D eigenvalue weighted by molar-refractivity contribution is 0.0865. The molecule has 1 amide bonds. The SMILES string of the molecule is CCC(C)CN1CCC(NC(=O)c2cc(Cl)c(N)c3c2OCC(C)O3)CC1. The number of hydrogen-bond acceptors (Lipinski definition) is 5. The Labute approximate surface area is 166 Å². The first-order chi connectivity index (χ1) is 12.9. The Balaban J connectivity index is 1.66. The van der Waals surface area contributed by atoms with Crippen molar-refractivity contribution in [2.75, 3.05) is 32.0 Å². The first-order valence-corrected chi connectivity index (χ1v) is 10.2. The lowest BCUT2D eigenvalue weighted by atomic mass is 10.0. The Kier molecular flexibility index (Phi) is 6.37. The van der Waals surface area contributed by atoms with Crippen LogP contribution in [0.4, 0.5) is 5.69 Å². The molecule has 0 radical (unpaired) electrons. The van der Waals surface area contributed by atoms with Gasteiger partial charge in [0.1, 0.15) is 12.7 Å². The molecule has 7 heteroatoms. The molecule has 0 aliphatic carbocycles. The Morgan fingerprint density at radius 2 is 2.11 bits per heavy atom. The number of rotatable bonds is 5. The minimum absolute atomic E-state index is 0.135. The highest BCUT2D eigenvalue weighted by Gasteiger charge is 2.29. The molecular formula is C20H30ClN3O3. The van der Waals surface area contributed by atoms with Crippen molar-refractivity contribution < 1.29 is 14.3 Å². The van der Waals surface area contributed by atoms with Crippen LogP contribution < -0.4 is 20.5 Å². The van der Waals surface area contributed by atoms with E-state index in [2.05, 4.69) is 24.1 Å². The number of ether oxygens (including phenoxy) is 2. The van der Waals surface area contributed by atoms with Crippen LogP contribution in [0.15, 0.2) is 6.07 Å². The molecule has 0 spiro atoms. The fourth-order valence-corrected chi connectivity index (χ4v) is 3.78. The summed E-state index contributed by atoms with van der Waals surface area (Å²) in [6.07, 6.45) is 2.95. The average molecular weight is 396 g/mol. The first kappa shape index (κ1) is 20.1. The molecule has 1 fully saturated rings. The molecule has 2 heterocycles. The standard InChI is InChI=1S/C20H30ClN3O3/c1-4-12(2)10-24-7-5-14(6-8-24)23-20(25)15-9-16(21)17(22)19-18(15)26-11-13(3)27-19/h9,12-14H,4-8,10-11,22H2,1-3H3,(H,23,25). The fourth-order valence-electron chi connectivity index (χ4n) is 3.58. The largest absolute Gasteiger partial charge is 0.485 e. The van der Waals surface area contributed by atoms with Gasteiger partial charge in [0.05, 0.1) is 16.3 Å². The van der Waals surface area contributed by atoms with E-state index in [1.165, 1.54) is 6.42 Å². The van der Waals surface area contributed by atoms with E-state index in [0.717, 1.165) is 32.5 Å². The summed E-state index contributed by atoms with van der Waals surface area (Å²) >= 11 is 6.22. The van der Waals surface area contributed by atoms with Crippen LogP contribution in [-0.4, -0.2) is 49.2 Å². The number of benzene rings is 1. The molecule has 27 heavy (non-hydrogen) atoms. The topological polar surface area (TPSA) is 76.8 Å². The number of carbonyl (C=O) groups is 1. The second-order valence-corrected chi connectivity index (χ2v) is 8.19. The Bertz CT molecular complexity index is 690. The van der Waals surface area contributed by atoms with Crippen LogP contribution >= 0.6 is 11.6 Å². The van der Waals surface area contributed by atoms with Crippen molar-refractivity contribution in [2.24, 2.45) is 5.92 Å². The van der Waals surface area contributed by atoms with Gasteiger partial charge in [-0.2, -0.15) is 0 Å². The monoisotopic (exact) mass is 395 g/mol. The third kappa shape index (κ3) is 4.61. The normalized spacial score (nSPS) is 21.7. The highest BCUT2D eigenvalue weighted by molar-refractivity contribution is 6.34. The van der Waals surface area contributed by atoms with Gasteiger partial charge in [0.15, 0.2) is 11.5 Å². The van der Waals surface area contributed by atoms with E-state index in [9.17, 15) is 4.79 Å². The minimum Gasteiger partial charge on any atom is -0.485 e. The van der Waals surface area contributed by atoms with Crippen molar-refractivity contribution in [3.05, 3.63) is 16.7 Å². The third-order valence-corrected chi connectivity index (χ3v) is 5.75. The summed E-state index contributed by atoms with van der Waals surface area (Å²) in [6.45, 7) is 9.91. The van der Waals surface area contributed by atoms with Crippen LogP contribution in [0.5, 0.6) is 11.5 Å². The van der Waals surface area contributed by atoms with Crippen LogP contribution in [0, 0.1) is 5.92 Å². The molecule has 2 unspecified atom stereocenters. The van der Waals surface area contributed by atoms with E-state index >= 15 is 0 Å². The highest BCUT2D eigenvalue weighted by atomic mass is 35.5. The molecule has 0 aromatic heterocycles. The van der Waals surface area contributed by atoms with Crippen molar-refractivity contribution in [1.29, 1.82) is 0 Å². The molecule has 2 atom stereocenters. The number of likely N-dealkylation sites (tertiary alicyclic amines) is 1. The van der Waals surface area contributed by atoms with Crippen LogP contribution in [-0.2, 0) is 0 Å². The number of halogens is 1. The summed E-state index contributed by atoms with van der Waals surface area (Å²) in [7, 11) is 0. The van der Waals surface area contributed by atoms with E-state index in [-0.39, 0.29) is 18.1 Å². The van der Waals surface area contributed by atoms with Crippen LogP contribution in [0.3, 0.4) is 0 Å². The summed E-state index contributed by atoms with van der Waals surface area (Å²) in [5.41, 5.74) is 6.71. The number of nitrogen functional groups attached to an aromatic ring is 1. The molecule has 1 aromatic carbocycles. The maximum Gasteiger partial charge on any atom is 0.255 e. The number of hydrogen-bond donors (Lipinski definition) is 2. The van der Waals surface area contributed by atoms with Gasteiger partial charge in [-0.05, 0) is 31.7 Å². The summed E-state index contributed by atoms with van der Waals surface area (Å²) in [5.74, 6) is 1.28. The average Bonchev–Trinajstić information content (AvgIpc) is 2.66. The zero-order chi connectivity index (χ0) is 19.6. The number of fused-ring (bicyclic) bond motifs is 1. The maximum atomic E-state index is 12.9. The Morgan fingerprint density at radius 1 is 1.41 bits per heavy atom. The lowest BCUT2D eigenvalue weighted by Crippen LogP contribution is -2.45. The number of nitrogens with zero attached hydrogens (tertiary/aromatic N) is 1. The predicted octanol–water partition coefficient (Wildman–Crippen LogP) is 3.32. The van der Waals surface area contributed by atoms with Crippen molar-refractivity contribution >= 4 is 23.2 Å². The van der Waals surface area contributed by atoms with Crippen LogP contribution in [0.2, 0.25) is 5.02 Å². The quantitative estimate of drug-likeness (QED) is 0.748. The Hall–Kier alpha value is -1.66. The van der Waals surface area contributed by atoms with E-state index < -0.39 is 0 Å². The first-order valence-electron chi connectivity index (χ1n) is 9.83. The number of carbonyl (C=O) groups excluding carboxylic acids is 1. The molecular weight excluding hydrogens is 366 g/mol. The molecule has 2 aliphatic rings. The molecule has 1 saturated heterocycles. The van der Waals surface area contributed by atoms with Gasteiger partial charge in [-0.3, -0.25) is 4.79 Å². The van der Waals surface area contributed by atoms with E-state index in [1.54, 1.807) is 6.07 Å². The van der Waals surface area contributed by atoms with Crippen LogP contribution in [0.1, 0.15) is 50.4 Å². The van der Waals surface area contributed by atoms with E-state index in [0.29, 0.717) is 40.3 Å². The molecule has 3 rings (SSSR count). The maximum absolute atomic E-state index is 12.9. The van der Waals surface area contributed by atoms with Gasteiger partial charge in [0, 0.05) is 25.7 Å². The van der Waals surface area contributed by atoms with E-state index in [1.807, 2.05) is 6.92 Å². The fraction of sp³-hybridized carbons (Fsp3) is 0.650. The molecule has 6 nitrogen and oxygen atoms in total. The van der Waals surface area contributed by atoms with Gasteiger partial charge >= 0.3 is 0 Å². The van der Waals surface area contributed by atoms with Gasteiger partial charge in [-0.1, -0.05) is 31.9 Å². The second kappa shape index (κ2) is 8.57. The summed E-state index contributed by atoms with van der Waals surface area (Å²) in [5, 5.41) is 3.44. The molecule has 150 valence electrons. The van der Waals surface area contributed by atoms with Crippen molar-refractivity contribution in [2.45, 2.75) is 52.2 Å². The number of piperidine rings is 1. The highest BCUT2D eigenvalue weighted by Crippen LogP contribution is 2.44. The van der Waals surface area contributed by atoms with Gasteiger partial charge in [-0.15, -0.1) is 0 Å². The van der Waals surface area contributed by atoms with Gasteiger partial charge in [0.2, 0.25) is 0 Å². The number of nitrogens with two attached hydrogens (primary N) is 1. The summed E-state index contributed by atoms with van der Waals surface area (Å²) in [6, 6.07) is 1.73. The number of amides is 1. The lowest BCUT2D eigenvalue weighted by Gasteiger charge is -2.34. The minimum atomic E-state index is -0.188. The smallest absolute Gasteiger partial charge is 0.255 e. The predicted molar refractivity (Wildman–Crippen MR) is 108 cm³/mol. The molecule has 0 saturated carbocycles. The molecule has 0 bridgehead atoms. The van der Waals surface area contributed by atoms with Crippen molar-refractivity contribution in [3.63, 3.8) is 0 Å². The number of anilines is 1. The summed E-state index contributed by atoms with van der Waals surface area (Å²) < 4.78 is 11.5.